The van der Waals surface area contributed by atoms with Crippen LogP contribution in [-0.2, 0) is 4.79 Å². The van der Waals surface area contributed by atoms with Crippen molar-refractivity contribution >= 4 is 54.4 Å². The molecule has 0 atom stereocenters. The molecule has 1 aliphatic heterocycles. The number of nitrogens with zero attached hydrogens (tertiary/aromatic N) is 2. The number of aromatic nitrogens is 1. The summed E-state index contributed by atoms with van der Waals surface area (Å²) >= 11 is 4.86. The number of thiazole rings is 1. The van der Waals surface area contributed by atoms with Crippen LogP contribution in [0.25, 0.3) is 10.2 Å². The molecule has 2 amide bonds. The van der Waals surface area contributed by atoms with Crippen LogP contribution in [0.1, 0.15) is 23.2 Å². The average molecular weight is 444 g/mol. The van der Waals surface area contributed by atoms with Crippen LogP contribution in [0, 0.1) is 5.92 Å². The summed E-state index contributed by atoms with van der Waals surface area (Å²) in [5.41, 5.74) is 1.57. The van der Waals surface area contributed by atoms with Crippen LogP contribution in [0.3, 0.4) is 0 Å². The number of hydrogen-bond donors (Lipinski definition) is 1. The number of rotatable bonds is 3. The van der Waals surface area contributed by atoms with E-state index in [-0.39, 0.29) is 17.7 Å². The molecule has 1 saturated heterocycles. The number of benzene rings is 2. The molecule has 0 radical (unpaired) electrons. The van der Waals surface area contributed by atoms with Crippen molar-refractivity contribution in [2.45, 2.75) is 12.8 Å². The number of carbonyl (C=O) groups is 2. The standard InChI is InChI=1S/C20H18BrN3O2S/c21-15-7-5-14(6-8-15)19(26)24-11-9-13(10-12-24)18(25)23-20-22-16-3-1-2-4-17(16)27-20/h1-8,13H,9-12H2,(H,22,23,25). The van der Waals surface area contributed by atoms with Crippen LogP contribution >= 0.6 is 27.3 Å². The summed E-state index contributed by atoms with van der Waals surface area (Å²) in [5.74, 6) is -0.0803. The Morgan fingerprint density at radius 3 is 2.48 bits per heavy atom. The van der Waals surface area contributed by atoms with E-state index in [4.69, 9.17) is 0 Å². The predicted molar refractivity (Wildman–Crippen MR) is 111 cm³/mol. The monoisotopic (exact) mass is 443 g/mol. The lowest BCUT2D eigenvalue weighted by atomic mass is 9.95. The number of nitrogens with one attached hydrogen (secondary N) is 1. The maximum atomic E-state index is 12.6. The molecule has 7 heteroatoms. The van der Waals surface area contributed by atoms with Gasteiger partial charge < -0.3 is 10.2 Å². The number of anilines is 1. The predicted octanol–water partition coefficient (Wildman–Crippen LogP) is 4.55. The fourth-order valence-corrected chi connectivity index (χ4v) is 4.39. The molecule has 0 saturated carbocycles. The van der Waals surface area contributed by atoms with Gasteiger partial charge in [-0.1, -0.05) is 39.4 Å². The zero-order valence-corrected chi connectivity index (χ0v) is 16.9. The highest BCUT2D eigenvalue weighted by Gasteiger charge is 2.28. The van der Waals surface area contributed by atoms with Crippen LogP contribution in [-0.4, -0.2) is 34.8 Å². The lowest BCUT2D eigenvalue weighted by molar-refractivity contribution is -0.121. The first-order valence-electron chi connectivity index (χ1n) is 8.81. The van der Waals surface area contributed by atoms with E-state index in [1.165, 1.54) is 11.3 Å². The van der Waals surface area contributed by atoms with Crippen LogP contribution in [0.15, 0.2) is 53.0 Å². The largest absolute Gasteiger partial charge is 0.339 e. The third kappa shape index (κ3) is 4.04. The molecule has 0 bridgehead atoms. The fraction of sp³-hybridized carbons (Fsp3) is 0.250. The third-order valence-corrected chi connectivity index (χ3v) is 6.25. The molecular weight excluding hydrogens is 426 g/mol. The molecule has 0 unspecified atom stereocenters. The number of fused-ring (bicyclic) bond motifs is 1. The molecule has 1 N–H and O–H groups in total. The van der Waals surface area contributed by atoms with Gasteiger partial charge in [0, 0.05) is 29.0 Å². The van der Waals surface area contributed by atoms with Gasteiger partial charge in [-0.3, -0.25) is 9.59 Å². The van der Waals surface area contributed by atoms with Crippen molar-refractivity contribution in [2.75, 3.05) is 18.4 Å². The molecule has 0 spiro atoms. The molecule has 4 rings (SSSR count). The Labute approximate surface area is 169 Å². The van der Waals surface area contributed by atoms with Crippen LogP contribution in [0.4, 0.5) is 5.13 Å². The summed E-state index contributed by atoms with van der Waals surface area (Å²) in [7, 11) is 0. The van der Waals surface area contributed by atoms with Gasteiger partial charge in [-0.25, -0.2) is 4.98 Å². The zero-order chi connectivity index (χ0) is 18.8. The van der Waals surface area contributed by atoms with Crippen LogP contribution in [0.2, 0.25) is 0 Å². The summed E-state index contributed by atoms with van der Waals surface area (Å²) < 4.78 is 2.01. The zero-order valence-electron chi connectivity index (χ0n) is 14.5. The van der Waals surface area contributed by atoms with Crippen molar-refractivity contribution in [1.29, 1.82) is 0 Å². The van der Waals surface area contributed by atoms with Crippen molar-refractivity contribution in [3.05, 3.63) is 58.6 Å². The highest BCUT2D eigenvalue weighted by molar-refractivity contribution is 9.10. The van der Waals surface area contributed by atoms with Crippen molar-refractivity contribution < 1.29 is 9.59 Å². The fourth-order valence-electron chi connectivity index (χ4n) is 3.25. The first-order valence-corrected chi connectivity index (χ1v) is 10.4. The molecule has 1 fully saturated rings. The van der Waals surface area contributed by atoms with E-state index in [2.05, 4.69) is 26.2 Å². The first kappa shape index (κ1) is 18.1. The number of likely N-dealkylation sites (tertiary alicyclic amines) is 1. The SMILES string of the molecule is O=C(Nc1nc2ccccc2s1)C1CCN(C(=O)c2ccc(Br)cc2)CC1. The molecule has 2 heterocycles. The minimum atomic E-state index is -0.0917. The van der Waals surface area contributed by atoms with Crippen molar-refractivity contribution in [1.82, 2.24) is 9.88 Å². The Kier molecular flexibility index (Phi) is 5.22. The first-order chi connectivity index (χ1) is 13.1. The number of halogens is 1. The quantitative estimate of drug-likeness (QED) is 0.645. The van der Waals surface area contributed by atoms with Crippen molar-refractivity contribution in [3.8, 4) is 0 Å². The Morgan fingerprint density at radius 1 is 1.07 bits per heavy atom. The maximum Gasteiger partial charge on any atom is 0.253 e. The van der Waals surface area contributed by atoms with Gasteiger partial charge in [0.2, 0.25) is 5.91 Å². The Morgan fingerprint density at radius 2 is 1.78 bits per heavy atom. The molecule has 1 aliphatic rings. The highest BCUT2D eigenvalue weighted by Crippen LogP contribution is 2.27. The van der Waals surface area contributed by atoms with E-state index in [1.807, 2.05) is 53.4 Å². The summed E-state index contributed by atoms with van der Waals surface area (Å²) in [4.78, 5) is 31.4. The summed E-state index contributed by atoms with van der Waals surface area (Å²) in [6.07, 6.45) is 1.33. The van der Waals surface area contributed by atoms with E-state index < -0.39 is 0 Å². The number of carbonyl (C=O) groups excluding carboxylic acids is 2. The molecule has 0 aliphatic carbocycles. The number of piperidine rings is 1. The lowest BCUT2D eigenvalue weighted by Gasteiger charge is -2.31. The highest BCUT2D eigenvalue weighted by atomic mass is 79.9. The second-order valence-corrected chi connectivity index (χ2v) is 8.50. The van der Waals surface area contributed by atoms with Gasteiger partial charge in [0.25, 0.3) is 5.91 Å². The van der Waals surface area contributed by atoms with E-state index >= 15 is 0 Å². The van der Waals surface area contributed by atoms with Gasteiger partial charge in [0.05, 0.1) is 10.2 Å². The third-order valence-electron chi connectivity index (χ3n) is 4.77. The Balaban J connectivity index is 1.35. The molecule has 5 nitrogen and oxygen atoms in total. The van der Waals surface area contributed by atoms with Gasteiger partial charge in [0.15, 0.2) is 5.13 Å². The average Bonchev–Trinajstić information content (AvgIpc) is 3.10. The molecule has 1 aromatic heterocycles. The topological polar surface area (TPSA) is 62.3 Å². The summed E-state index contributed by atoms with van der Waals surface area (Å²) in [6, 6.07) is 15.2. The number of amides is 2. The van der Waals surface area contributed by atoms with Gasteiger partial charge in [-0.2, -0.15) is 0 Å². The van der Waals surface area contributed by atoms with Crippen molar-refractivity contribution in [3.63, 3.8) is 0 Å². The van der Waals surface area contributed by atoms with Crippen LogP contribution in [0.5, 0.6) is 0 Å². The molecule has 3 aromatic rings. The normalized spacial score (nSPS) is 15.1. The number of para-hydroxylation sites is 1. The maximum absolute atomic E-state index is 12.6. The number of hydrogen-bond acceptors (Lipinski definition) is 4. The second-order valence-electron chi connectivity index (χ2n) is 6.55. The van der Waals surface area contributed by atoms with E-state index in [9.17, 15) is 9.59 Å². The molecule has 138 valence electrons. The van der Waals surface area contributed by atoms with E-state index in [0.29, 0.717) is 36.6 Å². The molecular formula is C20H18BrN3O2S. The van der Waals surface area contributed by atoms with Crippen LogP contribution < -0.4 is 5.32 Å². The minimum absolute atomic E-state index is 0.00945. The van der Waals surface area contributed by atoms with E-state index in [0.717, 1.165) is 14.7 Å². The molecule has 2 aromatic carbocycles. The second kappa shape index (κ2) is 7.78. The van der Waals surface area contributed by atoms with Gasteiger partial charge in [-0.05, 0) is 49.2 Å². The van der Waals surface area contributed by atoms with Crippen molar-refractivity contribution in [2.24, 2.45) is 5.92 Å². The lowest BCUT2D eigenvalue weighted by Crippen LogP contribution is -2.41. The van der Waals surface area contributed by atoms with Gasteiger partial charge >= 0.3 is 0 Å². The summed E-state index contributed by atoms with van der Waals surface area (Å²) in [5, 5.41) is 3.58. The minimum Gasteiger partial charge on any atom is -0.339 e. The molecule has 27 heavy (non-hydrogen) atoms. The smallest absolute Gasteiger partial charge is 0.253 e. The Hall–Kier alpha value is -2.25. The summed E-state index contributed by atoms with van der Waals surface area (Å²) in [6.45, 7) is 1.18. The van der Waals surface area contributed by atoms with E-state index in [1.54, 1.807) is 0 Å². The van der Waals surface area contributed by atoms with Gasteiger partial charge in [-0.15, -0.1) is 0 Å². The van der Waals surface area contributed by atoms with Gasteiger partial charge in [0.1, 0.15) is 0 Å². The Bertz CT molecular complexity index is 945.